The van der Waals surface area contributed by atoms with Gasteiger partial charge in [0.25, 0.3) is 0 Å². The largest absolute Gasteiger partial charge is 0.466 e. The van der Waals surface area contributed by atoms with Crippen LogP contribution in [0.25, 0.3) is 0 Å². The minimum Gasteiger partial charge on any atom is -0.466 e. The van der Waals surface area contributed by atoms with E-state index in [1.807, 2.05) is 0 Å². The first-order valence-electron chi connectivity index (χ1n) is 23.9. The van der Waals surface area contributed by atoms with Crippen LogP contribution in [-0.2, 0) is 23.8 Å². The molecular weight excluding hydrogens is 671 g/mol. The minimum atomic E-state index is 0.0228. The standard InChI is InChI=1S/C48H95NO5/c1-7-11-23-32-44(33-24-12-8-2)42-47(50)53-39-29-21-17-15-16-19-27-36-46(52-41-31-38-49(5)6)37-28-20-18-22-30-40-54-48(51)43-45(34-25-13-9-3)35-26-14-10-4/h44-46H,7-43H2,1-6H3. The number of rotatable bonds is 43. The summed E-state index contributed by atoms with van der Waals surface area (Å²) in [4.78, 5) is 27.2. The Morgan fingerprint density at radius 3 is 1.09 bits per heavy atom. The summed E-state index contributed by atoms with van der Waals surface area (Å²) in [7, 11) is 4.26. The molecule has 1 unspecified atom stereocenters. The molecule has 0 saturated carbocycles. The Morgan fingerprint density at radius 2 is 0.741 bits per heavy atom. The minimum absolute atomic E-state index is 0.0228. The molecule has 1 atom stereocenters. The molecule has 54 heavy (non-hydrogen) atoms. The number of ether oxygens (including phenoxy) is 3. The van der Waals surface area contributed by atoms with E-state index in [1.165, 1.54) is 161 Å². The SMILES string of the molecule is CCCCCC(CCCCC)CC(=O)OCCCCCCCCCC(CCCCCCCOC(=O)CC(CCCCC)CCCCC)OCCCN(C)C. The van der Waals surface area contributed by atoms with E-state index in [0.717, 1.165) is 51.7 Å². The predicted octanol–water partition coefficient (Wildman–Crippen LogP) is 14.2. The van der Waals surface area contributed by atoms with Crippen LogP contribution in [0, 0.1) is 11.8 Å². The van der Waals surface area contributed by atoms with Gasteiger partial charge >= 0.3 is 11.9 Å². The molecule has 0 rings (SSSR count). The van der Waals surface area contributed by atoms with Gasteiger partial charge in [-0.25, -0.2) is 0 Å². The van der Waals surface area contributed by atoms with Crippen LogP contribution in [0.3, 0.4) is 0 Å². The van der Waals surface area contributed by atoms with Gasteiger partial charge in [0.2, 0.25) is 0 Å². The van der Waals surface area contributed by atoms with Crippen molar-refractivity contribution in [3.05, 3.63) is 0 Å². The average molecular weight is 766 g/mol. The van der Waals surface area contributed by atoms with E-state index >= 15 is 0 Å². The summed E-state index contributed by atoms with van der Waals surface area (Å²) in [6.45, 7) is 12.1. The Bertz CT molecular complexity index is 769. The van der Waals surface area contributed by atoms with E-state index in [2.05, 4.69) is 46.7 Å². The number of unbranched alkanes of at least 4 members (excludes halogenated alkanes) is 18. The summed E-state index contributed by atoms with van der Waals surface area (Å²) in [5, 5.41) is 0. The fourth-order valence-corrected chi connectivity index (χ4v) is 7.69. The second-order valence-electron chi connectivity index (χ2n) is 17.0. The molecule has 6 nitrogen and oxygen atoms in total. The molecule has 0 spiro atoms. The Balaban J connectivity index is 4.15. The van der Waals surface area contributed by atoms with Crippen LogP contribution in [0.15, 0.2) is 0 Å². The van der Waals surface area contributed by atoms with Crippen LogP contribution in [0.5, 0.6) is 0 Å². The lowest BCUT2D eigenvalue weighted by Gasteiger charge is -2.19. The highest BCUT2D eigenvalue weighted by Gasteiger charge is 2.16. The van der Waals surface area contributed by atoms with E-state index < -0.39 is 0 Å². The van der Waals surface area contributed by atoms with E-state index in [9.17, 15) is 9.59 Å². The third kappa shape index (κ3) is 37.8. The normalized spacial score (nSPS) is 12.3. The first-order chi connectivity index (χ1) is 26.4. The van der Waals surface area contributed by atoms with Gasteiger partial charge in [0, 0.05) is 19.4 Å². The zero-order chi connectivity index (χ0) is 39.7. The maximum Gasteiger partial charge on any atom is 0.306 e. The third-order valence-corrected chi connectivity index (χ3v) is 11.2. The molecule has 0 heterocycles. The van der Waals surface area contributed by atoms with Gasteiger partial charge < -0.3 is 19.1 Å². The second-order valence-corrected chi connectivity index (χ2v) is 17.0. The fourth-order valence-electron chi connectivity index (χ4n) is 7.69. The van der Waals surface area contributed by atoms with Gasteiger partial charge in [0.05, 0.1) is 19.3 Å². The third-order valence-electron chi connectivity index (χ3n) is 11.2. The summed E-state index contributed by atoms with van der Waals surface area (Å²) in [6, 6.07) is 0. The number of hydrogen-bond donors (Lipinski definition) is 0. The predicted molar refractivity (Wildman–Crippen MR) is 232 cm³/mol. The number of carbonyl (C=O) groups excluding carboxylic acids is 2. The highest BCUT2D eigenvalue weighted by molar-refractivity contribution is 5.70. The first-order valence-corrected chi connectivity index (χ1v) is 23.9. The van der Waals surface area contributed by atoms with Crippen molar-refractivity contribution in [2.75, 3.05) is 40.5 Å². The maximum absolute atomic E-state index is 12.5. The van der Waals surface area contributed by atoms with Crippen LogP contribution < -0.4 is 0 Å². The van der Waals surface area contributed by atoms with Gasteiger partial charge in [0.1, 0.15) is 0 Å². The van der Waals surface area contributed by atoms with E-state index in [0.29, 0.717) is 44.0 Å². The van der Waals surface area contributed by atoms with Crippen LogP contribution in [-0.4, -0.2) is 63.4 Å². The van der Waals surface area contributed by atoms with Gasteiger partial charge in [-0.2, -0.15) is 0 Å². The number of esters is 2. The van der Waals surface area contributed by atoms with Crippen LogP contribution in [0.2, 0.25) is 0 Å². The fraction of sp³-hybridized carbons (Fsp3) is 0.958. The second kappa shape index (κ2) is 41.5. The summed E-state index contributed by atoms with van der Waals surface area (Å²) in [5.41, 5.74) is 0. The van der Waals surface area contributed by atoms with Crippen molar-refractivity contribution in [3.63, 3.8) is 0 Å². The van der Waals surface area contributed by atoms with Gasteiger partial charge in [-0.3, -0.25) is 9.59 Å². The van der Waals surface area contributed by atoms with Crippen molar-refractivity contribution in [2.45, 2.75) is 246 Å². The molecule has 0 aliphatic rings. The van der Waals surface area contributed by atoms with Crippen molar-refractivity contribution in [1.82, 2.24) is 4.90 Å². The van der Waals surface area contributed by atoms with Crippen LogP contribution >= 0.6 is 0 Å². The Hall–Kier alpha value is -1.14. The Labute approximate surface area is 337 Å². The molecule has 0 fully saturated rings. The van der Waals surface area contributed by atoms with Gasteiger partial charge in [-0.15, -0.1) is 0 Å². The summed E-state index contributed by atoms with van der Waals surface area (Å²) < 4.78 is 17.7. The molecule has 0 aromatic carbocycles. The summed E-state index contributed by atoms with van der Waals surface area (Å²) >= 11 is 0. The molecule has 0 aliphatic carbocycles. The molecule has 0 radical (unpaired) electrons. The molecule has 6 heteroatoms. The number of hydrogen-bond acceptors (Lipinski definition) is 6. The smallest absolute Gasteiger partial charge is 0.306 e. The highest BCUT2D eigenvalue weighted by Crippen LogP contribution is 2.23. The lowest BCUT2D eigenvalue weighted by atomic mass is 9.92. The van der Waals surface area contributed by atoms with Crippen molar-refractivity contribution in [1.29, 1.82) is 0 Å². The Morgan fingerprint density at radius 1 is 0.407 bits per heavy atom. The van der Waals surface area contributed by atoms with Crippen molar-refractivity contribution < 1.29 is 23.8 Å². The lowest BCUT2D eigenvalue weighted by molar-refractivity contribution is -0.146. The van der Waals surface area contributed by atoms with Gasteiger partial charge in [-0.05, 0) is 90.3 Å². The van der Waals surface area contributed by atoms with Crippen molar-refractivity contribution >= 4 is 11.9 Å². The molecule has 0 aromatic heterocycles. The topological polar surface area (TPSA) is 65.1 Å². The number of nitrogens with zero attached hydrogens (tertiary/aromatic N) is 1. The lowest BCUT2D eigenvalue weighted by Crippen LogP contribution is -2.18. The summed E-state index contributed by atoms with van der Waals surface area (Å²) in [5.74, 6) is 1.07. The molecule has 322 valence electrons. The molecule has 0 bridgehead atoms. The molecule has 0 N–H and O–H groups in total. The van der Waals surface area contributed by atoms with E-state index in [1.54, 1.807) is 0 Å². The van der Waals surface area contributed by atoms with E-state index in [4.69, 9.17) is 14.2 Å². The molecule has 0 amide bonds. The Kier molecular flexibility index (Phi) is 40.6. The average Bonchev–Trinajstić information content (AvgIpc) is 3.14. The van der Waals surface area contributed by atoms with Crippen LogP contribution in [0.4, 0.5) is 0 Å². The maximum atomic E-state index is 12.5. The zero-order valence-corrected chi connectivity index (χ0v) is 37.4. The van der Waals surface area contributed by atoms with Crippen molar-refractivity contribution in [2.24, 2.45) is 11.8 Å². The monoisotopic (exact) mass is 766 g/mol. The molecule has 0 aromatic rings. The van der Waals surface area contributed by atoms with E-state index in [-0.39, 0.29) is 11.9 Å². The summed E-state index contributed by atoms with van der Waals surface area (Å²) in [6.07, 6.45) is 39.0. The van der Waals surface area contributed by atoms with Gasteiger partial charge in [0.15, 0.2) is 0 Å². The van der Waals surface area contributed by atoms with Crippen LogP contribution in [0.1, 0.15) is 240 Å². The molecule has 0 saturated heterocycles. The van der Waals surface area contributed by atoms with Gasteiger partial charge in [-0.1, -0.05) is 169 Å². The first kappa shape index (κ1) is 52.9. The van der Waals surface area contributed by atoms with Crippen molar-refractivity contribution in [3.8, 4) is 0 Å². The highest BCUT2D eigenvalue weighted by atomic mass is 16.5. The number of carbonyl (C=O) groups is 2. The molecular formula is C48H95NO5. The molecule has 0 aliphatic heterocycles. The zero-order valence-electron chi connectivity index (χ0n) is 37.4. The quantitative estimate of drug-likeness (QED) is 0.0455.